The first-order valence-corrected chi connectivity index (χ1v) is 14.3. The number of carbonyl (C=O) groups excluding carboxylic acids is 4. The number of hydrogen-bond donors (Lipinski definition) is 0. The molecule has 2 amide bonds. The first-order chi connectivity index (χ1) is 21.1. The van der Waals surface area contributed by atoms with Crippen LogP contribution in [-0.2, 0) is 23.9 Å². The highest BCUT2D eigenvalue weighted by Crippen LogP contribution is 2.64. The lowest BCUT2D eigenvalue weighted by atomic mass is 9.71. The van der Waals surface area contributed by atoms with E-state index in [2.05, 4.69) is 4.74 Å². The normalized spacial score (nSPS) is 37.7. The smallest absolute Gasteiger partial charge is 0.378 e. The molecular weight excluding hydrogens is 696 g/mol. The zero-order valence-corrected chi connectivity index (χ0v) is 26.9. The van der Waals surface area contributed by atoms with Gasteiger partial charge in [-0.3, -0.25) is 24.1 Å². The third-order valence-corrected chi connectivity index (χ3v) is 9.74. The van der Waals surface area contributed by atoms with E-state index in [-0.39, 0.29) is 35.5 Å². The van der Waals surface area contributed by atoms with Crippen molar-refractivity contribution >= 4 is 23.8 Å². The van der Waals surface area contributed by atoms with Crippen LogP contribution in [0.15, 0.2) is 0 Å². The van der Waals surface area contributed by atoms with Crippen molar-refractivity contribution in [1.29, 1.82) is 0 Å². The van der Waals surface area contributed by atoms with Gasteiger partial charge in [-0.2, -0.15) is 61.5 Å². The first kappa shape index (κ1) is 43.3. The van der Waals surface area contributed by atoms with Gasteiger partial charge in [0.1, 0.15) is 0 Å². The minimum atomic E-state index is -6.06. The third-order valence-electron chi connectivity index (χ3n) is 9.74. The van der Waals surface area contributed by atoms with E-state index in [0.717, 1.165) is 0 Å². The Morgan fingerprint density at radius 3 is 0.750 bits per heavy atom. The van der Waals surface area contributed by atoms with Gasteiger partial charge in [-0.25, -0.2) is 0 Å². The highest BCUT2D eigenvalue weighted by atomic mass is 19.4. The van der Waals surface area contributed by atoms with Crippen LogP contribution in [0.4, 0.5) is 61.5 Å². The van der Waals surface area contributed by atoms with Gasteiger partial charge in [0.15, 0.2) is 0 Å². The average Bonchev–Trinajstić information content (AvgIpc) is 3.33. The molecule has 6 nitrogen and oxygen atoms in total. The van der Waals surface area contributed by atoms with Gasteiger partial charge in [0.05, 0.1) is 11.8 Å². The number of likely N-dealkylation sites (tertiary alicyclic amines) is 1. The number of amides is 2. The van der Waals surface area contributed by atoms with Gasteiger partial charge >= 0.3 is 53.4 Å². The number of imide groups is 1. The number of nitrogens with zero attached hydrogens (tertiary/aromatic N) is 1. The molecule has 2 aliphatic carbocycles. The van der Waals surface area contributed by atoms with Gasteiger partial charge in [-0.15, -0.1) is 0 Å². The van der Waals surface area contributed by atoms with E-state index in [9.17, 15) is 80.6 Å². The maximum atomic E-state index is 12.9. The summed E-state index contributed by atoms with van der Waals surface area (Å²) in [5.41, 5.74) is 0. The Morgan fingerprint density at radius 2 is 0.625 bits per heavy atom. The van der Waals surface area contributed by atoms with Crippen molar-refractivity contribution in [3.05, 3.63) is 0 Å². The lowest BCUT2D eigenvalue weighted by Gasteiger charge is -2.48. The fourth-order valence-corrected chi connectivity index (χ4v) is 4.88. The zero-order chi connectivity index (χ0) is 38.7. The van der Waals surface area contributed by atoms with Gasteiger partial charge in [-0.1, -0.05) is 55.4 Å². The van der Waals surface area contributed by atoms with Gasteiger partial charge in [-0.05, 0) is 0 Å². The molecule has 0 unspecified atom stereocenters. The summed E-state index contributed by atoms with van der Waals surface area (Å²) in [5.74, 6) is -47.7. The second-order valence-corrected chi connectivity index (χ2v) is 12.5. The fraction of sp³-hybridized carbons (Fsp3) is 0.857. The number of cyclic esters (lactones) is 2. The summed E-state index contributed by atoms with van der Waals surface area (Å²) in [4.78, 5) is 44.4. The fourth-order valence-electron chi connectivity index (χ4n) is 4.88. The highest BCUT2D eigenvalue weighted by Gasteiger charge is 2.87. The number of carbonyl (C=O) groups is 4. The second-order valence-electron chi connectivity index (χ2n) is 12.5. The standard InChI is InChI=1S/C8H8F8.C7H8F6.C7H11NO2.C6H8O3/c1-3-4(2)6(11,12)8(15,16)7(13,14)5(3,9)10;1-3-4(2)6(10,11)7(12,13)5(3,8)9;1-4-5(2)7(10)8(3)6(4)9;1-3-4(2)6(8)9-5(3)7/h3-4H,1-2H3;3-4H,1-2H3;4-5H,1-3H3;3-4H,1-2H3/t2*3-,4+;4-,5+;3-,4+. The Balaban J connectivity index is 0.000000328. The van der Waals surface area contributed by atoms with Crippen LogP contribution in [0.25, 0.3) is 0 Å². The highest BCUT2D eigenvalue weighted by molar-refractivity contribution is 6.04. The van der Waals surface area contributed by atoms with Crippen molar-refractivity contribution in [2.75, 3.05) is 7.05 Å². The van der Waals surface area contributed by atoms with Gasteiger partial charge in [0, 0.05) is 42.6 Å². The number of ether oxygens (including phenoxy) is 1. The van der Waals surface area contributed by atoms with Crippen molar-refractivity contribution < 1.29 is 85.4 Å². The van der Waals surface area contributed by atoms with Crippen LogP contribution in [0, 0.1) is 47.3 Å². The molecule has 2 aliphatic heterocycles. The summed E-state index contributed by atoms with van der Waals surface area (Å²) >= 11 is 0. The molecule has 4 fully saturated rings. The van der Waals surface area contributed by atoms with Gasteiger partial charge < -0.3 is 4.74 Å². The summed E-state index contributed by atoms with van der Waals surface area (Å²) in [6.07, 6.45) is 0. The van der Waals surface area contributed by atoms with Crippen molar-refractivity contribution in [3.8, 4) is 0 Å². The molecule has 0 spiro atoms. The lowest BCUT2D eigenvalue weighted by molar-refractivity contribution is -0.420. The number of esters is 2. The molecule has 8 atom stereocenters. The molecule has 4 rings (SSSR count). The largest absolute Gasteiger partial charge is 0.393 e. The SMILES string of the molecule is C[C@@H]1C(=O)N(C)C(=O)[C@@H]1C.C[C@@H]1C(=O)OC(=O)[C@@H]1C.C[C@@H]1[C@H](C)C(F)(F)C(F)(F)C(F)(F)C1(F)F.C[C@@H]1[C@H](C)C(F)(F)C(F)(F)C1(F)F. The molecule has 0 radical (unpaired) electrons. The van der Waals surface area contributed by atoms with Gasteiger partial charge in [0.2, 0.25) is 11.8 Å². The Hall–Kier alpha value is -2.70. The number of halogens is 14. The van der Waals surface area contributed by atoms with E-state index in [4.69, 9.17) is 0 Å². The third kappa shape index (κ3) is 6.37. The van der Waals surface area contributed by atoms with Crippen LogP contribution in [0.1, 0.15) is 55.4 Å². The molecule has 280 valence electrons. The maximum Gasteiger partial charge on any atom is 0.378 e. The van der Waals surface area contributed by atoms with Crippen molar-refractivity contribution in [3.63, 3.8) is 0 Å². The predicted molar refractivity (Wildman–Crippen MR) is 137 cm³/mol. The molecule has 0 aromatic heterocycles. The molecule has 0 aromatic rings. The van der Waals surface area contributed by atoms with Crippen LogP contribution < -0.4 is 0 Å². The second kappa shape index (κ2) is 13.2. The molecule has 4 aliphatic rings. The topological polar surface area (TPSA) is 80.8 Å². The quantitative estimate of drug-likeness (QED) is 0.111. The van der Waals surface area contributed by atoms with E-state index < -0.39 is 77.1 Å². The molecule has 2 saturated heterocycles. The zero-order valence-electron chi connectivity index (χ0n) is 26.9. The first-order valence-electron chi connectivity index (χ1n) is 14.3. The Bertz CT molecular complexity index is 1170. The van der Waals surface area contributed by atoms with Crippen molar-refractivity contribution in [1.82, 2.24) is 4.90 Å². The summed E-state index contributed by atoms with van der Waals surface area (Å²) < 4.78 is 182. The van der Waals surface area contributed by atoms with Crippen molar-refractivity contribution in [2.45, 2.75) is 96.8 Å². The Kier molecular flexibility index (Phi) is 11.9. The summed E-state index contributed by atoms with van der Waals surface area (Å²) in [6, 6.07) is 0. The van der Waals surface area contributed by atoms with E-state index in [1.807, 2.05) is 0 Å². The van der Waals surface area contributed by atoms with E-state index in [1.165, 1.54) is 11.9 Å². The Labute approximate surface area is 265 Å². The maximum absolute atomic E-state index is 12.9. The van der Waals surface area contributed by atoms with E-state index in [0.29, 0.717) is 27.7 Å². The number of alkyl halides is 14. The Morgan fingerprint density at radius 1 is 0.417 bits per heavy atom. The molecule has 2 saturated carbocycles. The molecule has 0 bridgehead atoms. The lowest BCUT2D eigenvalue weighted by Crippen LogP contribution is -2.72. The van der Waals surface area contributed by atoms with Gasteiger partial charge in [0.25, 0.3) is 0 Å². The van der Waals surface area contributed by atoms with Crippen LogP contribution in [-0.4, -0.2) is 77.2 Å². The number of hydrogen-bond acceptors (Lipinski definition) is 5. The van der Waals surface area contributed by atoms with Crippen LogP contribution in [0.3, 0.4) is 0 Å². The average molecular weight is 732 g/mol. The monoisotopic (exact) mass is 731 g/mol. The van der Waals surface area contributed by atoms with E-state index >= 15 is 0 Å². The summed E-state index contributed by atoms with van der Waals surface area (Å²) in [5, 5.41) is 0. The summed E-state index contributed by atoms with van der Waals surface area (Å²) in [7, 11) is 1.53. The molecule has 20 heteroatoms. The molecule has 0 aromatic carbocycles. The summed E-state index contributed by atoms with van der Waals surface area (Å²) in [6.45, 7) is 9.18. The molecule has 48 heavy (non-hydrogen) atoms. The predicted octanol–water partition coefficient (Wildman–Crippen LogP) is 7.59. The van der Waals surface area contributed by atoms with E-state index in [1.54, 1.807) is 27.7 Å². The molecule has 0 N–H and O–H groups in total. The van der Waals surface area contributed by atoms with Crippen LogP contribution in [0.2, 0.25) is 0 Å². The molecule has 2 heterocycles. The van der Waals surface area contributed by atoms with Crippen LogP contribution in [0.5, 0.6) is 0 Å². The van der Waals surface area contributed by atoms with Crippen LogP contribution >= 0.6 is 0 Å². The number of rotatable bonds is 0. The van der Waals surface area contributed by atoms with Crippen molar-refractivity contribution in [2.24, 2.45) is 47.3 Å². The molecular formula is C28H35F14NO5. The minimum Gasteiger partial charge on any atom is -0.393 e. The minimum absolute atomic E-state index is 0.0579.